The van der Waals surface area contributed by atoms with Crippen LogP contribution < -0.4 is 15.4 Å². The number of amides is 1. The number of phenolic OH excluding ortho intramolecular Hbond substituents is 1. The fourth-order valence-electron chi connectivity index (χ4n) is 3.57. The number of hydrogen-bond acceptors (Lipinski definition) is 4. The van der Waals surface area contributed by atoms with Crippen LogP contribution in [-0.2, 0) is 15.6 Å². The van der Waals surface area contributed by atoms with Crippen LogP contribution in [0, 0.1) is 12.7 Å². The number of benzene rings is 2. The number of carbonyl (C=O) groups is 1. The molecular formula is C24H31FN2O3. The van der Waals surface area contributed by atoms with Gasteiger partial charge >= 0.3 is 0 Å². The molecule has 2 aromatic rings. The van der Waals surface area contributed by atoms with Gasteiger partial charge in [-0.25, -0.2) is 4.39 Å². The van der Waals surface area contributed by atoms with Crippen molar-refractivity contribution in [3.05, 3.63) is 46.8 Å². The topological polar surface area (TPSA) is 70.6 Å². The molecule has 2 aromatic carbocycles. The number of anilines is 2. The second-order valence-electron chi connectivity index (χ2n) is 9.99. The van der Waals surface area contributed by atoms with E-state index in [4.69, 9.17) is 4.74 Å². The average Bonchev–Trinajstić information content (AvgIpc) is 2.60. The molecule has 0 saturated heterocycles. The molecule has 5 nitrogen and oxygen atoms in total. The first kappa shape index (κ1) is 21.9. The zero-order chi connectivity index (χ0) is 22.4. The molecule has 1 aliphatic rings. The summed E-state index contributed by atoms with van der Waals surface area (Å²) in [6.07, 6.45) is -0.822. The quantitative estimate of drug-likeness (QED) is 0.628. The van der Waals surface area contributed by atoms with Crippen molar-refractivity contribution in [2.75, 3.05) is 17.2 Å². The van der Waals surface area contributed by atoms with Crippen molar-refractivity contribution >= 4 is 17.3 Å². The number of aryl methyl sites for hydroxylation is 1. The molecule has 1 heterocycles. The number of phenols is 1. The Labute approximate surface area is 177 Å². The average molecular weight is 415 g/mol. The molecule has 1 amide bonds. The van der Waals surface area contributed by atoms with Gasteiger partial charge in [0.1, 0.15) is 17.3 Å². The normalized spacial score (nSPS) is 16.3. The maximum atomic E-state index is 13.9. The predicted octanol–water partition coefficient (Wildman–Crippen LogP) is 5.25. The summed E-state index contributed by atoms with van der Waals surface area (Å²) in [6.45, 7) is 14.2. The summed E-state index contributed by atoms with van der Waals surface area (Å²) in [7, 11) is 0. The van der Waals surface area contributed by atoms with E-state index in [9.17, 15) is 14.3 Å². The van der Waals surface area contributed by atoms with Crippen LogP contribution in [0.3, 0.4) is 0 Å². The van der Waals surface area contributed by atoms with Crippen molar-refractivity contribution < 1.29 is 19.0 Å². The van der Waals surface area contributed by atoms with Crippen LogP contribution in [0.5, 0.6) is 11.5 Å². The zero-order valence-corrected chi connectivity index (χ0v) is 18.7. The summed E-state index contributed by atoms with van der Waals surface area (Å²) in [5.41, 5.74) is 2.97. The minimum Gasteiger partial charge on any atom is -0.508 e. The fraction of sp³-hybridized carbons (Fsp3) is 0.458. The van der Waals surface area contributed by atoms with E-state index in [1.54, 1.807) is 19.1 Å². The van der Waals surface area contributed by atoms with Crippen molar-refractivity contribution in [3.8, 4) is 11.5 Å². The Morgan fingerprint density at radius 2 is 1.73 bits per heavy atom. The van der Waals surface area contributed by atoms with Crippen LogP contribution in [0.25, 0.3) is 0 Å². The summed E-state index contributed by atoms with van der Waals surface area (Å²) in [5, 5.41) is 16.6. The van der Waals surface area contributed by atoms with Gasteiger partial charge in [0.15, 0.2) is 6.10 Å². The minimum absolute atomic E-state index is 0.136. The van der Waals surface area contributed by atoms with E-state index in [0.717, 1.165) is 11.1 Å². The number of nitrogens with one attached hydrogen (secondary N) is 2. The van der Waals surface area contributed by atoms with Gasteiger partial charge in [-0.3, -0.25) is 4.79 Å². The number of fused-ring (bicyclic) bond motifs is 1. The van der Waals surface area contributed by atoms with Gasteiger partial charge in [-0.05, 0) is 46.6 Å². The molecular weight excluding hydrogens is 383 g/mol. The van der Waals surface area contributed by atoms with Crippen molar-refractivity contribution in [2.24, 2.45) is 0 Å². The highest BCUT2D eigenvalue weighted by molar-refractivity contribution is 5.96. The van der Waals surface area contributed by atoms with E-state index < -0.39 is 6.10 Å². The number of rotatable bonds is 2. The SMILES string of the molecule is Cc1cc2c(cc1F)OC(C(=O)Nc1cc(O)c(C(C)(C)C)cc1C(C)(C)C)CN2. The van der Waals surface area contributed by atoms with Crippen molar-refractivity contribution in [1.29, 1.82) is 0 Å². The van der Waals surface area contributed by atoms with Crippen molar-refractivity contribution in [1.82, 2.24) is 0 Å². The Balaban J connectivity index is 1.89. The lowest BCUT2D eigenvalue weighted by atomic mass is 9.79. The van der Waals surface area contributed by atoms with Gasteiger partial charge < -0.3 is 20.5 Å². The van der Waals surface area contributed by atoms with E-state index >= 15 is 0 Å². The van der Waals surface area contributed by atoms with Gasteiger partial charge in [-0.2, -0.15) is 0 Å². The van der Waals surface area contributed by atoms with E-state index in [1.165, 1.54) is 6.07 Å². The Bertz CT molecular complexity index is 987. The molecule has 0 aromatic heterocycles. The van der Waals surface area contributed by atoms with Crippen LogP contribution in [-0.4, -0.2) is 23.7 Å². The Hall–Kier alpha value is -2.76. The summed E-state index contributed by atoms with van der Waals surface area (Å²) in [5.74, 6) is -0.292. The maximum absolute atomic E-state index is 13.9. The van der Waals surface area contributed by atoms with E-state index in [2.05, 4.69) is 31.4 Å². The molecule has 0 bridgehead atoms. The first-order chi connectivity index (χ1) is 13.8. The van der Waals surface area contributed by atoms with Crippen LogP contribution in [0.1, 0.15) is 58.2 Å². The van der Waals surface area contributed by atoms with Gasteiger partial charge in [0.2, 0.25) is 0 Å². The molecule has 0 saturated carbocycles. The van der Waals surface area contributed by atoms with E-state index in [1.807, 2.05) is 26.8 Å². The van der Waals surface area contributed by atoms with E-state index in [0.29, 0.717) is 22.7 Å². The number of ether oxygens (including phenoxy) is 1. The van der Waals surface area contributed by atoms with Crippen molar-refractivity contribution in [3.63, 3.8) is 0 Å². The third-order valence-electron chi connectivity index (χ3n) is 5.31. The number of halogens is 1. The Morgan fingerprint density at radius 3 is 2.33 bits per heavy atom. The first-order valence-corrected chi connectivity index (χ1v) is 10.2. The van der Waals surface area contributed by atoms with Gasteiger partial charge in [-0.15, -0.1) is 0 Å². The number of hydrogen-bond donors (Lipinski definition) is 3. The third kappa shape index (κ3) is 4.37. The summed E-state index contributed by atoms with van der Waals surface area (Å²) in [4.78, 5) is 12.9. The third-order valence-corrected chi connectivity index (χ3v) is 5.31. The fourth-order valence-corrected chi connectivity index (χ4v) is 3.57. The lowest BCUT2D eigenvalue weighted by Gasteiger charge is -2.30. The van der Waals surface area contributed by atoms with Crippen LogP contribution in [0.4, 0.5) is 15.8 Å². The highest BCUT2D eigenvalue weighted by atomic mass is 19.1. The Morgan fingerprint density at radius 1 is 1.10 bits per heavy atom. The molecule has 0 aliphatic carbocycles. The molecule has 1 aliphatic heterocycles. The first-order valence-electron chi connectivity index (χ1n) is 10.2. The molecule has 162 valence electrons. The highest BCUT2D eigenvalue weighted by Crippen LogP contribution is 2.40. The second-order valence-corrected chi connectivity index (χ2v) is 9.99. The van der Waals surface area contributed by atoms with Gasteiger partial charge in [0, 0.05) is 17.8 Å². The van der Waals surface area contributed by atoms with Crippen molar-refractivity contribution in [2.45, 2.75) is 65.4 Å². The summed E-state index contributed by atoms with van der Waals surface area (Å²) >= 11 is 0. The molecule has 0 fully saturated rings. The second kappa shape index (κ2) is 7.49. The smallest absolute Gasteiger partial charge is 0.267 e. The highest BCUT2D eigenvalue weighted by Gasteiger charge is 2.30. The van der Waals surface area contributed by atoms with E-state index in [-0.39, 0.29) is 34.8 Å². The number of carbonyl (C=O) groups excluding carboxylic acids is 1. The lowest BCUT2D eigenvalue weighted by molar-refractivity contribution is -0.122. The molecule has 0 radical (unpaired) electrons. The molecule has 1 unspecified atom stereocenters. The maximum Gasteiger partial charge on any atom is 0.267 e. The van der Waals surface area contributed by atoms with Crippen LogP contribution >= 0.6 is 0 Å². The van der Waals surface area contributed by atoms with Crippen LogP contribution in [0.15, 0.2) is 24.3 Å². The van der Waals surface area contributed by atoms with Gasteiger partial charge in [-0.1, -0.05) is 41.5 Å². The molecule has 3 N–H and O–H groups in total. The number of aromatic hydroxyl groups is 1. The van der Waals surface area contributed by atoms with Gasteiger partial charge in [0.25, 0.3) is 5.91 Å². The lowest BCUT2D eigenvalue weighted by Crippen LogP contribution is -2.41. The predicted molar refractivity (Wildman–Crippen MR) is 118 cm³/mol. The molecule has 0 spiro atoms. The Kier molecular flexibility index (Phi) is 5.48. The molecule has 6 heteroatoms. The molecule has 3 rings (SSSR count). The zero-order valence-electron chi connectivity index (χ0n) is 18.7. The summed E-state index contributed by atoms with van der Waals surface area (Å²) < 4.78 is 19.7. The minimum atomic E-state index is -0.822. The largest absolute Gasteiger partial charge is 0.508 e. The summed E-state index contributed by atoms with van der Waals surface area (Å²) in [6, 6.07) is 6.52. The molecule has 30 heavy (non-hydrogen) atoms. The standard InChI is InChI=1S/C24H31FN2O3/c1-13-8-18-20(10-16(13)25)30-21(12-26-18)22(29)27-17-11-19(28)15(24(5,6)7)9-14(17)23(2,3)4/h8-11,21,26,28H,12H2,1-7H3,(H,27,29). The van der Waals surface area contributed by atoms with Crippen LogP contribution in [0.2, 0.25) is 0 Å². The molecule has 1 atom stereocenters. The monoisotopic (exact) mass is 414 g/mol. The van der Waals surface area contributed by atoms with Gasteiger partial charge in [0.05, 0.1) is 12.2 Å².